The fourth-order valence-corrected chi connectivity index (χ4v) is 1.56. The molecule has 0 aromatic heterocycles. The van der Waals surface area contributed by atoms with E-state index in [1.54, 1.807) is 6.92 Å². The summed E-state index contributed by atoms with van der Waals surface area (Å²) in [7, 11) is 0. The summed E-state index contributed by atoms with van der Waals surface area (Å²) in [5.74, 6) is -0.951. The van der Waals surface area contributed by atoms with Gasteiger partial charge >= 0.3 is 5.97 Å². The standard InChI is InChI=1S/C13H14FNO2/c1-3-9-6-12(14)10(5-11(9)8-15)7-13(16)17-4-2/h5-6H,3-4,7H2,1-2H3. The molecule has 1 aromatic rings. The van der Waals surface area contributed by atoms with Gasteiger partial charge < -0.3 is 4.74 Å². The molecule has 0 amide bonds. The number of rotatable bonds is 4. The van der Waals surface area contributed by atoms with Crippen LogP contribution in [0.25, 0.3) is 0 Å². The van der Waals surface area contributed by atoms with Crippen molar-refractivity contribution in [1.82, 2.24) is 0 Å². The fourth-order valence-electron chi connectivity index (χ4n) is 1.56. The van der Waals surface area contributed by atoms with E-state index in [0.717, 1.165) is 0 Å². The highest BCUT2D eigenvalue weighted by atomic mass is 19.1. The molecule has 0 saturated heterocycles. The van der Waals surface area contributed by atoms with E-state index in [1.165, 1.54) is 12.1 Å². The number of carbonyl (C=O) groups is 1. The number of benzene rings is 1. The molecule has 17 heavy (non-hydrogen) atoms. The van der Waals surface area contributed by atoms with Crippen LogP contribution in [0.4, 0.5) is 4.39 Å². The normalized spacial score (nSPS) is 9.76. The van der Waals surface area contributed by atoms with Gasteiger partial charge in [-0.2, -0.15) is 5.26 Å². The van der Waals surface area contributed by atoms with Crippen molar-refractivity contribution in [3.05, 3.63) is 34.6 Å². The van der Waals surface area contributed by atoms with Gasteiger partial charge in [-0.15, -0.1) is 0 Å². The molecule has 0 spiro atoms. The van der Waals surface area contributed by atoms with Gasteiger partial charge in [0.15, 0.2) is 0 Å². The molecule has 0 heterocycles. The van der Waals surface area contributed by atoms with E-state index in [0.29, 0.717) is 17.5 Å². The largest absolute Gasteiger partial charge is 0.466 e. The molecule has 0 N–H and O–H groups in total. The lowest BCUT2D eigenvalue weighted by atomic mass is 10.0. The Balaban J connectivity index is 3.01. The van der Waals surface area contributed by atoms with Gasteiger partial charge in [0.1, 0.15) is 5.82 Å². The minimum atomic E-state index is -0.487. The lowest BCUT2D eigenvalue weighted by Gasteiger charge is -2.07. The van der Waals surface area contributed by atoms with Gasteiger partial charge in [-0.3, -0.25) is 4.79 Å². The predicted octanol–water partition coefficient (Wildman–Crippen LogP) is 2.37. The number of nitriles is 1. The molecule has 0 aliphatic heterocycles. The average Bonchev–Trinajstić information content (AvgIpc) is 2.31. The molecule has 0 bridgehead atoms. The third-order valence-corrected chi connectivity index (χ3v) is 2.41. The van der Waals surface area contributed by atoms with Crippen LogP contribution in [0.3, 0.4) is 0 Å². The Morgan fingerprint density at radius 3 is 2.65 bits per heavy atom. The predicted molar refractivity (Wildman–Crippen MR) is 60.8 cm³/mol. The molecule has 0 fully saturated rings. The number of ether oxygens (including phenoxy) is 1. The first-order valence-electron chi connectivity index (χ1n) is 5.49. The van der Waals surface area contributed by atoms with Crippen LogP contribution in [0.5, 0.6) is 0 Å². The molecule has 0 radical (unpaired) electrons. The highest BCUT2D eigenvalue weighted by Gasteiger charge is 2.12. The monoisotopic (exact) mass is 235 g/mol. The van der Waals surface area contributed by atoms with Gasteiger partial charge in [0.2, 0.25) is 0 Å². The Labute approximate surface area is 99.8 Å². The van der Waals surface area contributed by atoms with Crippen LogP contribution >= 0.6 is 0 Å². The zero-order valence-corrected chi connectivity index (χ0v) is 9.92. The molecule has 0 unspecified atom stereocenters. The van der Waals surface area contributed by atoms with E-state index in [2.05, 4.69) is 0 Å². The number of halogens is 1. The van der Waals surface area contributed by atoms with Crippen LogP contribution in [0.2, 0.25) is 0 Å². The first kappa shape index (κ1) is 13.2. The zero-order valence-electron chi connectivity index (χ0n) is 9.92. The third-order valence-electron chi connectivity index (χ3n) is 2.41. The van der Waals surface area contributed by atoms with E-state index >= 15 is 0 Å². The maximum Gasteiger partial charge on any atom is 0.310 e. The maximum absolute atomic E-state index is 13.6. The summed E-state index contributed by atoms with van der Waals surface area (Å²) in [6, 6.07) is 4.73. The number of carbonyl (C=O) groups excluding carboxylic acids is 1. The second kappa shape index (κ2) is 6.00. The maximum atomic E-state index is 13.6. The van der Waals surface area contributed by atoms with E-state index < -0.39 is 11.8 Å². The van der Waals surface area contributed by atoms with Gasteiger partial charge in [-0.25, -0.2) is 4.39 Å². The molecular formula is C13H14FNO2. The van der Waals surface area contributed by atoms with Crippen molar-refractivity contribution in [2.75, 3.05) is 6.61 Å². The van der Waals surface area contributed by atoms with Crippen molar-refractivity contribution < 1.29 is 13.9 Å². The van der Waals surface area contributed by atoms with Gasteiger partial charge in [0.25, 0.3) is 0 Å². The van der Waals surface area contributed by atoms with Crippen molar-refractivity contribution in [1.29, 1.82) is 5.26 Å². The summed E-state index contributed by atoms with van der Waals surface area (Å²) < 4.78 is 18.4. The first-order chi connectivity index (χ1) is 8.12. The molecule has 90 valence electrons. The smallest absolute Gasteiger partial charge is 0.310 e. The van der Waals surface area contributed by atoms with Crippen LogP contribution in [0.15, 0.2) is 12.1 Å². The van der Waals surface area contributed by atoms with Gasteiger partial charge in [-0.05, 0) is 31.0 Å². The molecule has 4 heteroatoms. The second-order valence-corrected chi connectivity index (χ2v) is 3.55. The summed E-state index contributed by atoms with van der Waals surface area (Å²) in [6.07, 6.45) is 0.442. The van der Waals surface area contributed by atoms with Crippen LogP contribution < -0.4 is 0 Å². The quantitative estimate of drug-likeness (QED) is 0.753. The second-order valence-electron chi connectivity index (χ2n) is 3.55. The zero-order chi connectivity index (χ0) is 12.8. The minimum absolute atomic E-state index is 0.141. The number of aryl methyl sites for hydroxylation is 1. The summed E-state index contributed by atoms with van der Waals surface area (Å²) >= 11 is 0. The number of nitrogens with zero attached hydrogens (tertiary/aromatic N) is 1. The molecule has 0 aliphatic carbocycles. The first-order valence-corrected chi connectivity index (χ1v) is 5.49. The lowest BCUT2D eigenvalue weighted by Crippen LogP contribution is -2.09. The number of esters is 1. The molecular weight excluding hydrogens is 221 g/mol. The molecule has 3 nitrogen and oxygen atoms in total. The van der Waals surface area contributed by atoms with E-state index in [-0.39, 0.29) is 18.6 Å². The summed E-state index contributed by atoms with van der Waals surface area (Å²) in [6.45, 7) is 3.80. The van der Waals surface area contributed by atoms with Crippen molar-refractivity contribution in [2.24, 2.45) is 0 Å². The van der Waals surface area contributed by atoms with E-state index in [9.17, 15) is 9.18 Å². The Morgan fingerprint density at radius 1 is 1.41 bits per heavy atom. The van der Waals surface area contributed by atoms with Crippen LogP contribution in [0.1, 0.15) is 30.5 Å². The number of hydrogen-bond donors (Lipinski definition) is 0. The molecule has 0 atom stereocenters. The van der Waals surface area contributed by atoms with Gasteiger partial charge in [0.05, 0.1) is 24.7 Å². The fraction of sp³-hybridized carbons (Fsp3) is 0.385. The Morgan fingerprint density at radius 2 is 2.12 bits per heavy atom. The van der Waals surface area contributed by atoms with Crippen molar-refractivity contribution >= 4 is 5.97 Å². The van der Waals surface area contributed by atoms with E-state index in [1.807, 2.05) is 13.0 Å². The van der Waals surface area contributed by atoms with Crippen LogP contribution in [-0.2, 0) is 22.4 Å². The van der Waals surface area contributed by atoms with Gasteiger partial charge in [-0.1, -0.05) is 6.92 Å². The van der Waals surface area contributed by atoms with Crippen LogP contribution in [0, 0.1) is 17.1 Å². The Hall–Kier alpha value is -1.89. The summed E-state index contributed by atoms with van der Waals surface area (Å²) in [5.41, 5.74) is 1.27. The number of hydrogen-bond acceptors (Lipinski definition) is 3. The third kappa shape index (κ3) is 3.28. The van der Waals surface area contributed by atoms with E-state index in [4.69, 9.17) is 10.00 Å². The topological polar surface area (TPSA) is 50.1 Å². The lowest BCUT2D eigenvalue weighted by molar-refractivity contribution is -0.142. The Bertz CT molecular complexity index is 463. The summed E-state index contributed by atoms with van der Waals surface area (Å²) in [4.78, 5) is 11.2. The van der Waals surface area contributed by atoms with Crippen molar-refractivity contribution in [3.8, 4) is 6.07 Å². The summed E-state index contributed by atoms with van der Waals surface area (Å²) in [5, 5.41) is 8.91. The van der Waals surface area contributed by atoms with Crippen molar-refractivity contribution in [3.63, 3.8) is 0 Å². The Kier molecular flexibility index (Phi) is 4.65. The SMILES string of the molecule is CCOC(=O)Cc1cc(C#N)c(CC)cc1F. The highest BCUT2D eigenvalue weighted by molar-refractivity contribution is 5.72. The molecule has 1 aromatic carbocycles. The molecule has 1 rings (SSSR count). The van der Waals surface area contributed by atoms with Crippen molar-refractivity contribution in [2.45, 2.75) is 26.7 Å². The minimum Gasteiger partial charge on any atom is -0.466 e. The van der Waals surface area contributed by atoms with Gasteiger partial charge in [0, 0.05) is 5.56 Å². The highest BCUT2D eigenvalue weighted by Crippen LogP contribution is 2.17. The van der Waals surface area contributed by atoms with Crippen LogP contribution in [-0.4, -0.2) is 12.6 Å². The average molecular weight is 235 g/mol. The molecule has 0 aliphatic rings. The molecule has 0 saturated carbocycles.